The lowest BCUT2D eigenvalue weighted by Crippen LogP contribution is -2.19. The van der Waals surface area contributed by atoms with Crippen LogP contribution in [-0.2, 0) is 11.3 Å². The van der Waals surface area contributed by atoms with E-state index in [0.29, 0.717) is 5.82 Å². The Hall–Kier alpha value is -1.88. The zero-order chi connectivity index (χ0) is 12.4. The van der Waals surface area contributed by atoms with Gasteiger partial charge in [-0.1, -0.05) is 19.1 Å². The van der Waals surface area contributed by atoms with Gasteiger partial charge in [-0.2, -0.15) is 0 Å². The van der Waals surface area contributed by atoms with E-state index in [1.54, 1.807) is 4.57 Å². The lowest BCUT2D eigenvalue weighted by atomic mass is 10.2. The minimum atomic E-state index is -0.891. The highest BCUT2D eigenvalue weighted by Gasteiger charge is 2.16. The predicted molar refractivity (Wildman–Crippen MR) is 64.6 cm³/mol. The quantitative estimate of drug-likeness (QED) is 0.839. The van der Waals surface area contributed by atoms with Gasteiger partial charge in [0.15, 0.2) is 0 Å². The van der Waals surface area contributed by atoms with Gasteiger partial charge in [0.1, 0.15) is 12.4 Å². The van der Waals surface area contributed by atoms with Crippen LogP contribution in [0.25, 0.3) is 11.0 Å². The van der Waals surface area contributed by atoms with Crippen molar-refractivity contribution in [1.29, 1.82) is 0 Å². The van der Waals surface area contributed by atoms with Crippen molar-refractivity contribution < 1.29 is 9.90 Å². The maximum absolute atomic E-state index is 10.9. The molecule has 0 aliphatic carbocycles. The molecule has 1 unspecified atom stereocenters. The molecule has 0 amide bonds. The predicted octanol–water partition coefficient (Wildman–Crippen LogP) is 1.53. The van der Waals surface area contributed by atoms with Crippen molar-refractivity contribution in [1.82, 2.24) is 9.55 Å². The number of nitrogens with zero attached hydrogens (tertiary/aromatic N) is 2. The van der Waals surface area contributed by atoms with Gasteiger partial charge in [0.25, 0.3) is 0 Å². The number of carbonyl (C=O) groups is 1. The van der Waals surface area contributed by atoms with Crippen LogP contribution in [0, 0.1) is 0 Å². The lowest BCUT2D eigenvalue weighted by Gasteiger charge is -2.11. The monoisotopic (exact) mass is 233 g/mol. The fourth-order valence-corrected chi connectivity index (χ4v) is 1.86. The molecule has 1 atom stereocenters. The Labute approximate surface area is 98.9 Å². The molecule has 5 nitrogen and oxygen atoms in total. The number of carboxylic acid groups (broad SMARTS) is 1. The first kappa shape index (κ1) is 11.6. The first-order valence-corrected chi connectivity index (χ1v) is 5.56. The number of benzene rings is 1. The van der Waals surface area contributed by atoms with Crippen LogP contribution in [-0.4, -0.2) is 20.6 Å². The Bertz CT molecular complexity index is 548. The van der Waals surface area contributed by atoms with E-state index < -0.39 is 5.97 Å². The van der Waals surface area contributed by atoms with E-state index in [-0.39, 0.29) is 12.6 Å². The number of imidazole rings is 1. The molecule has 0 spiro atoms. The number of para-hydroxylation sites is 2. The molecule has 0 aliphatic heterocycles. The number of hydrogen-bond donors (Lipinski definition) is 2. The van der Waals surface area contributed by atoms with E-state index in [0.717, 1.165) is 17.5 Å². The summed E-state index contributed by atoms with van der Waals surface area (Å²) >= 11 is 0. The Kier molecular flexibility index (Phi) is 3.10. The van der Waals surface area contributed by atoms with E-state index in [2.05, 4.69) is 4.98 Å². The van der Waals surface area contributed by atoms with Crippen LogP contribution in [0.3, 0.4) is 0 Å². The number of carboxylic acids is 1. The summed E-state index contributed by atoms with van der Waals surface area (Å²) in [6.45, 7) is 1.85. The van der Waals surface area contributed by atoms with Crippen molar-refractivity contribution in [3.8, 4) is 0 Å². The first-order chi connectivity index (χ1) is 8.13. The number of aliphatic carboxylic acids is 1. The maximum atomic E-state index is 10.9. The SMILES string of the molecule is CCC(N)c1nc2ccccc2n1CC(=O)O. The molecule has 1 aromatic heterocycles. The molecule has 2 aromatic rings. The van der Waals surface area contributed by atoms with Crippen molar-refractivity contribution in [3.05, 3.63) is 30.1 Å². The molecule has 3 N–H and O–H groups in total. The highest BCUT2D eigenvalue weighted by Crippen LogP contribution is 2.21. The second-order valence-corrected chi connectivity index (χ2v) is 3.95. The van der Waals surface area contributed by atoms with Crippen molar-refractivity contribution in [2.24, 2.45) is 5.73 Å². The minimum Gasteiger partial charge on any atom is -0.480 e. The molecule has 1 aromatic carbocycles. The molecule has 17 heavy (non-hydrogen) atoms. The normalized spacial score (nSPS) is 12.8. The van der Waals surface area contributed by atoms with Gasteiger partial charge in [-0.05, 0) is 18.6 Å². The van der Waals surface area contributed by atoms with Crippen molar-refractivity contribution in [2.45, 2.75) is 25.9 Å². The zero-order valence-electron chi connectivity index (χ0n) is 9.63. The third kappa shape index (κ3) is 2.14. The fourth-order valence-electron chi connectivity index (χ4n) is 1.86. The van der Waals surface area contributed by atoms with Crippen molar-refractivity contribution in [3.63, 3.8) is 0 Å². The highest BCUT2D eigenvalue weighted by atomic mass is 16.4. The average molecular weight is 233 g/mol. The van der Waals surface area contributed by atoms with Gasteiger partial charge in [0.2, 0.25) is 0 Å². The van der Waals surface area contributed by atoms with Gasteiger partial charge in [0, 0.05) is 0 Å². The molecule has 90 valence electrons. The minimum absolute atomic E-state index is 0.108. The van der Waals surface area contributed by atoms with Gasteiger partial charge in [-0.15, -0.1) is 0 Å². The number of aromatic nitrogens is 2. The van der Waals surface area contributed by atoms with Crippen LogP contribution in [0.15, 0.2) is 24.3 Å². The van der Waals surface area contributed by atoms with Crippen LogP contribution in [0.2, 0.25) is 0 Å². The van der Waals surface area contributed by atoms with E-state index in [1.165, 1.54) is 0 Å². The summed E-state index contributed by atoms with van der Waals surface area (Å²) in [5.74, 6) is -0.256. The van der Waals surface area contributed by atoms with Gasteiger partial charge in [-0.3, -0.25) is 4.79 Å². The van der Waals surface area contributed by atoms with Crippen LogP contribution in [0.5, 0.6) is 0 Å². The Balaban J connectivity index is 2.60. The van der Waals surface area contributed by atoms with E-state index in [1.807, 2.05) is 31.2 Å². The molecule has 0 aliphatic rings. The zero-order valence-corrected chi connectivity index (χ0v) is 9.63. The van der Waals surface area contributed by atoms with Crippen LogP contribution < -0.4 is 5.73 Å². The average Bonchev–Trinajstić information content (AvgIpc) is 2.67. The van der Waals surface area contributed by atoms with Crippen LogP contribution in [0.1, 0.15) is 25.2 Å². The molecule has 0 saturated carbocycles. The topological polar surface area (TPSA) is 81.1 Å². The Morgan fingerprint density at radius 1 is 1.53 bits per heavy atom. The van der Waals surface area contributed by atoms with E-state index in [9.17, 15) is 4.79 Å². The van der Waals surface area contributed by atoms with Gasteiger partial charge < -0.3 is 15.4 Å². The molecule has 1 heterocycles. The largest absolute Gasteiger partial charge is 0.480 e. The third-order valence-corrected chi connectivity index (χ3v) is 2.75. The number of hydrogen-bond acceptors (Lipinski definition) is 3. The summed E-state index contributed by atoms with van der Waals surface area (Å²) in [7, 11) is 0. The Morgan fingerprint density at radius 2 is 2.24 bits per heavy atom. The molecule has 2 rings (SSSR count). The van der Waals surface area contributed by atoms with Crippen molar-refractivity contribution in [2.75, 3.05) is 0 Å². The number of nitrogens with two attached hydrogens (primary N) is 1. The highest BCUT2D eigenvalue weighted by molar-refractivity contribution is 5.78. The van der Waals surface area contributed by atoms with Gasteiger partial charge >= 0.3 is 5.97 Å². The molecular formula is C12H15N3O2. The first-order valence-electron chi connectivity index (χ1n) is 5.56. The van der Waals surface area contributed by atoms with Gasteiger partial charge in [0.05, 0.1) is 17.1 Å². The van der Waals surface area contributed by atoms with Gasteiger partial charge in [-0.25, -0.2) is 4.98 Å². The van der Waals surface area contributed by atoms with E-state index in [4.69, 9.17) is 10.8 Å². The van der Waals surface area contributed by atoms with E-state index >= 15 is 0 Å². The molecule has 0 saturated heterocycles. The number of rotatable bonds is 4. The lowest BCUT2D eigenvalue weighted by molar-refractivity contribution is -0.137. The maximum Gasteiger partial charge on any atom is 0.323 e. The summed E-state index contributed by atoms with van der Waals surface area (Å²) in [5.41, 5.74) is 7.56. The summed E-state index contributed by atoms with van der Waals surface area (Å²) in [6.07, 6.45) is 0.725. The third-order valence-electron chi connectivity index (χ3n) is 2.75. The summed E-state index contributed by atoms with van der Waals surface area (Å²) in [6, 6.07) is 7.23. The second-order valence-electron chi connectivity index (χ2n) is 3.95. The molecule has 0 bridgehead atoms. The Morgan fingerprint density at radius 3 is 2.88 bits per heavy atom. The second kappa shape index (κ2) is 4.55. The van der Waals surface area contributed by atoms with Crippen LogP contribution >= 0.6 is 0 Å². The molecule has 5 heteroatoms. The fraction of sp³-hybridized carbons (Fsp3) is 0.333. The summed E-state index contributed by atoms with van der Waals surface area (Å²) < 4.78 is 1.67. The summed E-state index contributed by atoms with van der Waals surface area (Å²) in [5, 5.41) is 8.93. The van der Waals surface area contributed by atoms with Crippen molar-refractivity contribution >= 4 is 17.0 Å². The number of fused-ring (bicyclic) bond motifs is 1. The van der Waals surface area contributed by atoms with Crippen LogP contribution in [0.4, 0.5) is 0 Å². The molecular weight excluding hydrogens is 218 g/mol. The summed E-state index contributed by atoms with van der Waals surface area (Å²) in [4.78, 5) is 15.3. The molecule has 0 radical (unpaired) electrons. The smallest absolute Gasteiger partial charge is 0.323 e. The molecule has 0 fully saturated rings. The standard InChI is InChI=1S/C12H15N3O2/c1-2-8(13)12-14-9-5-3-4-6-10(9)15(12)7-11(16)17/h3-6,8H,2,7,13H2,1H3,(H,16,17).